The number of rotatable bonds is 8. The van der Waals surface area contributed by atoms with Crippen LogP contribution in [0.25, 0.3) is 11.3 Å². The fourth-order valence-corrected chi connectivity index (χ4v) is 4.58. The molecule has 182 valence electrons. The number of nitrogens with zero attached hydrogens (tertiary/aromatic N) is 5. The largest absolute Gasteiger partial charge is 0.383 e. The first-order valence-corrected chi connectivity index (χ1v) is 12.3. The van der Waals surface area contributed by atoms with Crippen LogP contribution < -0.4 is 4.90 Å². The molecule has 0 bridgehead atoms. The van der Waals surface area contributed by atoms with E-state index in [1.165, 1.54) is 0 Å². The molecule has 1 aromatic heterocycles. The normalized spacial score (nSPS) is 16.6. The summed E-state index contributed by atoms with van der Waals surface area (Å²) >= 11 is 6.28. The number of methoxy groups -OCH3 is 1. The molecule has 1 aromatic carbocycles. The Labute approximate surface area is 205 Å². The number of anilines is 1. The number of benzene rings is 1. The zero-order valence-electron chi connectivity index (χ0n) is 19.7. The summed E-state index contributed by atoms with van der Waals surface area (Å²) < 4.78 is 5.16. The molecule has 8 nitrogen and oxygen atoms in total. The van der Waals surface area contributed by atoms with Gasteiger partial charge in [0.1, 0.15) is 0 Å². The maximum Gasteiger partial charge on any atom is 0.242 e. The van der Waals surface area contributed by atoms with Crippen molar-refractivity contribution >= 4 is 29.2 Å². The number of hydrogen-bond acceptors (Lipinski definition) is 6. The molecule has 34 heavy (non-hydrogen) atoms. The van der Waals surface area contributed by atoms with E-state index in [0.29, 0.717) is 37.8 Å². The summed E-state index contributed by atoms with van der Waals surface area (Å²) in [6.07, 6.45) is 3.76. The molecule has 0 N–H and O–H groups in total. The fraction of sp³-hybridized carbons (Fsp3) is 0.520. The Bertz CT molecular complexity index is 983. The molecule has 4 rings (SSSR count). The first-order chi connectivity index (χ1) is 16.6. The molecule has 0 atom stereocenters. The van der Waals surface area contributed by atoms with Crippen LogP contribution in [0.1, 0.15) is 25.7 Å². The summed E-state index contributed by atoms with van der Waals surface area (Å²) in [6, 6.07) is 11.4. The van der Waals surface area contributed by atoms with Crippen molar-refractivity contribution in [3.63, 3.8) is 0 Å². The highest BCUT2D eigenvalue weighted by Gasteiger charge is 2.31. The van der Waals surface area contributed by atoms with E-state index in [-0.39, 0.29) is 24.3 Å². The second-order valence-corrected chi connectivity index (χ2v) is 9.27. The molecule has 1 aliphatic carbocycles. The first kappa shape index (κ1) is 24.4. The number of aromatic nitrogens is 2. The lowest BCUT2D eigenvalue weighted by molar-refractivity contribution is -0.145. The minimum Gasteiger partial charge on any atom is -0.383 e. The lowest BCUT2D eigenvalue weighted by Gasteiger charge is -2.32. The molecule has 2 aromatic rings. The Morgan fingerprint density at radius 2 is 1.88 bits per heavy atom. The lowest BCUT2D eigenvalue weighted by Crippen LogP contribution is -2.47. The highest BCUT2D eigenvalue weighted by molar-refractivity contribution is 6.33. The molecule has 2 amide bonds. The summed E-state index contributed by atoms with van der Waals surface area (Å²) in [6.45, 7) is 3.70. The van der Waals surface area contributed by atoms with Crippen LogP contribution in [-0.2, 0) is 14.3 Å². The van der Waals surface area contributed by atoms with Gasteiger partial charge >= 0.3 is 0 Å². The molecule has 0 unspecified atom stereocenters. The highest BCUT2D eigenvalue weighted by atomic mass is 35.5. The number of hydrogen-bond donors (Lipinski definition) is 0. The summed E-state index contributed by atoms with van der Waals surface area (Å²) in [5.74, 6) is 0.927. The topological polar surface area (TPSA) is 78.9 Å². The standard InChI is InChI=1S/C25H32ClN5O3/c1-34-17-16-31(25(33)19-6-4-7-19)18-24(32)30-13-5-12-29(14-15-30)23-11-10-22(27-28-23)20-8-2-3-9-21(20)26/h2-3,8-11,19H,4-7,12-18H2,1H3. The van der Waals surface area contributed by atoms with Gasteiger partial charge in [-0.3, -0.25) is 9.59 Å². The zero-order valence-corrected chi connectivity index (χ0v) is 20.4. The van der Waals surface area contributed by atoms with Gasteiger partial charge in [0.05, 0.1) is 23.9 Å². The molecule has 1 saturated carbocycles. The molecule has 2 fully saturated rings. The van der Waals surface area contributed by atoms with E-state index in [4.69, 9.17) is 16.3 Å². The first-order valence-electron chi connectivity index (χ1n) is 12.0. The monoisotopic (exact) mass is 485 g/mol. The van der Waals surface area contributed by atoms with Crippen molar-refractivity contribution in [3.8, 4) is 11.3 Å². The van der Waals surface area contributed by atoms with Gasteiger partial charge in [0.2, 0.25) is 11.8 Å². The van der Waals surface area contributed by atoms with Crippen LogP contribution in [-0.4, -0.2) is 84.8 Å². The van der Waals surface area contributed by atoms with E-state index in [1.54, 1.807) is 12.0 Å². The number of halogens is 1. The Balaban J connectivity index is 1.35. The maximum atomic E-state index is 13.1. The minimum absolute atomic E-state index is 0.00854. The molecule has 9 heteroatoms. The highest BCUT2D eigenvalue weighted by Crippen LogP contribution is 2.28. The minimum atomic E-state index is -0.00854. The van der Waals surface area contributed by atoms with Crippen LogP contribution in [0.5, 0.6) is 0 Å². The van der Waals surface area contributed by atoms with Gasteiger partial charge in [-0.05, 0) is 37.5 Å². The molecule has 2 heterocycles. The molecule has 0 spiro atoms. The third kappa shape index (κ3) is 5.85. The van der Waals surface area contributed by atoms with E-state index in [0.717, 1.165) is 49.3 Å². The molecular weight excluding hydrogens is 454 g/mol. The van der Waals surface area contributed by atoms with Crippen molar-refractivity contribution in [2.24, 2.45) is 5.92 Å². The van der Waals surface area contributed by atoms with Crippen LogP contribution in [0.15, 0.2) is 36.4 Å². The second-order valence-electron chi connectivity index (χ2n) is 8.86. The van der Waals surface area contributed by atoms with Crippen molar-refractivity contribution in [2.45, 2.75) is 25.7 Å². The smallest absolute Gasteiger partial charge is 0.242 e. The van der Waals surface area contributed by atoms with Crippen molar-refractivity contribution < 1.29 is 14.3 Å². The lowest BCUT2D eigenvalue weighted by atomic mass is 9.84. The van der Waals surface area contributed by atoms with Crippen molar-refractivity contribution in [2.75, 3.05) is 57.9 Å². The van der Waals surface area contributed by atoms with Gasteiger partial charge < -0.3 is 19.4 Å². The number of carbonyl (C=O) groups is 2. The van der Waals surface area contributed by atoms with Gasteiger partial charge in [0, 0.05) is 51.3 Å². The van der Waals surface area contributed by atoms with Crippen LogP contribution in [0.4, 0.5) is 5.82 Å². The van der Waals surface area contributed by atoms with Crippen LogP contribution in [0.2, 0.25) is 5.02 Å². The predicted octanol–water partition coefficient (Wildman–Crippen LogP) is 3.11. The summed E-state index contributed by atoms with van der Waals surface area (Å²) in [5.41, 5.74) is 1.58. The third-order valence-electron chi connectivity index (χ3n) is 6.63. The third-order valence-corrected chi connectivity index (χ3v) is 6.96. The van der Waals surface area contributed by atoms with Crippen molar-refractivity contribution in [1.29, 1.82) is 0 Å². The predicted molar refractivity (Wildman–Crippen MR) is 132 cm³/mol. The van der Waals surface area contributed by atoms with Crippen LogP contribution >= 0.6 is 11.6 Å². The van der Waals surface area contributed by atoms with Crippen LogP contribution in [0, 0.1) is 5.92 Å². The van der Waals surface area contributed by atoms with E-state index in [1.807, 2.05) is 41.3 Å². The van der Waals surface area contributed by atoms with E-state index in [2.05, 4.69) is 15.1 Å². The summed E-state index contributed by atoms with van der Waals surface area (Å²) in [5, 5.41) is 9.44. The Hall–Kier alpha value is -2.71. The molecule has 1 aliphatic heterocycles. The number of amides is 2. The number of carbonyl (C=O) groups excluding carboxylic acids is 2. The average Bonchev–Trinajstić information content (AvgIpc) is 3.07. The molecule has 2 aliphatic rings. The van der Waals surface area contributed by atoms with Gasteiger partial charge in [-0.15, -0.1) is 10.2 Å². The molecule has 1 saturated heterocycles. The van der Waals surface area contributed by atoms with Crippen molar-refractivity contribution in [1.82, 2.24) is 20.0 Å². The Morgan fingerprint density at radius 1 is 1.06 bits per heavy atom. The maximum absolute atomic E-state index is 13.1. The van der Waals surface area contributed by atoms with Gasteiger partial charge in [0.25, 0.3) is 0 Å². The zero-order chi connectivity index (χ0) is 23.9. The SMILES string of the molecule is COCCN(CC(=O)N1CCCN(c2ccc(-c3ccccc3Cl)nn2)CC1)C(=O)C1CCC1. The van der Waals surface area contributed by atoms with Gasteiger partial charge in [-0.1, -0.05) is 36.2 Å². The van der Waals surface area contributed by atoms with Crippen molar-refractivity contribution in [3.05, 3.63) is 41.4 Å². The summed E-state index contributed by atoms with van der Waals surface area (Å²) in [7, 11) is 1.61. The quantitative estimate of drug-likeness (QED) is 0.571. The van der Waals surface area contributed by atoms with Gasteiger partial charge in [-0.25, -0.2) is 0 Å². The molecular formula is C25H32ClN5O3. The number of ether oxygens (including phenoxy) is 1. The Morgan fingerprint density at radius 3 is 2.56 bits per heavy atom. The van der Waals surface area contributed by atoms with Gasteiger partial charge in [-0.2, -0.15) is 0 Å². The van der Waals surface area contributed by atoms with Gasteiger partial charge in [0.15, 0.2) is 5.82 Å². The molecule has 0 radical (unpaired) electrons. The summed E-state index contributed by atoms with van der Waals surface area (Å²) in [4.78, 5) is 31.5. The second kappa shape index (κ2) is 11.6. The Kier molecular flexibility index (Phi) is 8.34. The average molecular weight is 486 g/mol. The van der Waals surface area contributed by atoms with Crippen LogP contribution in [0.3, 0.4) is 0 Å². The van der Waals surface area contributed by atoms with E-state index < -0.39 is 0 Å². The van der Waals surface area contributed by atoms with E-state index in [9.17, 15) is 9.59 Å². The fourth-order valence-electron chi connectivity index (χ4n) is 4.35. The van der Waals surface area contributed by atoms with E-state index >= 15 is 0 Å².